The monoisotopic (exact) mass is 212 g/mol. The van der Waals surface area contributed by atoms with E-state index in [1.165, 1.54) is 4.90 Å². The highest BCUT2D eigenvalue weighted by Crippen LogP contribution is 2.28. The molecule has 84 valence electrons. The van der Waals surface area contributed by atoms with Crippen LogP contribution in [0.1, 0.15) is 19.3 Å². The van der Waals surface area contributed by atoms with Gasteiger partial charge in [0.05, 0.1) is 12.1 Å². The van der Waals surface area contributed by atoms with Crippen molar-refractivity contribution in [2.75, 3.05) is 14.1 Å². The first-order valence-electron chi connectivity index (χ1n) is 4.99. The van der Waals surface area contributed by atoms with Crippen molar-refractivity contribution in [3.8, 4) is 0 Å². The predicted molar refractivity (Wildman–Crippen MR) is 55.0 cm³/mol. The number of carbonyl (C=O) groups excluding carboxylic acids is 1. The van der Waals surface area contributed by atoms with Crippen LogP contribution in [0.2, 0.25) is 0 Å². The molecule has 6 nitrogen and oxygen atoms in total. The standard InChI is InChI=1S/C9H16N4O2/c1-13(2)9(15)6-3-4-8(14)7(5-6)11-12-10/h6-8,14H,3-5H2,1-2H3/t6-,7-,8+/m0/s1. The largest absolute Gasteiger partial charge is 0.393 e. The first-order chi connectivity index (χ1) is 7.06. The van der Waals surface area contributed by atoms with Crippen molar-refractivity contribution in [2.45, 2.75) is 31.4 Å². The Morgan fingerprint density at radius 3 is 2.73 bits per heavy atom. The summed E-state index contributed by atoms with van der Waals surface area (Å²) in [5, 5.41) is 13.1. The molecular weight excluding hydrogens is 196 g/mol. The lowest BCUT2D eigenvalue weighted by Gasteiger charge is -2.31. The smallest absolute Gasteiger partial charge is 0.225 e. The number of aliphatic hydroxyl groups is 1. The van der Waals surface area contributed by atoms with E-state index in [1.54, 1.807) is 14.1 Å². The first-order valence-corrected chi connectivity index (χ1v) is 4.99. The first kappa shape index (κ1) is 11.8. The minimum absolute atomic E-state index is 0.0417. The van der Waals surface area contributed by atoms with Gasteiger partial charge in [0, 0.05) is 24.9 Å². The fourth-order valence-electron chi connectivity index (χ4n) is 1.91. The third kappa shape index (κ3) is 2.84. The van der Waals surface area contributed by atoms with E-state index in [-0.39, 0.29) is 11.8 Å². The van der Waals surface area contributed by atoms with Gasteiger partial charge in [0.1, 0.15) is 0 Å². The second-order valence-corrected chi connectivity index (χ2v) is 4.08. The average molecular weight is 212 g/mol. The Bertz CT molecular complexity index is 286. The molecule has 0 saturated heterocycles. The van der Waals surface area contributed by atoms with Crippen LogP contribution in [0, 0.1) is 5.92 Å². The number of aliphatic hydroxyl groups excluding tert-OH is 1. The molecule has 1 N–H and O–H groups in total. The zero-order valence-corrected chi connectivity index (χ0v) is 9.00. The summed E-state index contributed by atoms with van der Waals surface area (Å²) in [7, 11) is 3.41. The molecule has 0 unspecified atom stereocenters. The van der Waals surface area contributed by atoms with Crippen molar-refractivity contribution in [1.29, 1.82) is 0 Å². The summed E-state index contributed by atoms with van der Waals surface area (Å²) in [6.45, 7) is 0. The highest BCUT2D eigenvalue weighted by Gasteiger charge is 2.32. The highest BCUT2D eigenvalue weighted by molar-refractivity contribution is 5.78. The minimum atomic E-state index is -0.605. The van der Waals surface area contributed by atoms with Crippen LogP contribution >= 0.6 is 0 Å². The van der Waals surface area contributed by atoms with Gasteiger partial charge in [0.15, 0.2) is 0 Å². The quantitative estimate of drug-likeness (QED) is 0.419. The van der Waals surface area contributed by atoms with E-state index in [0.717, 1.165) is 0 Å². The van der Waals surface area contributed by atoms with Crippen molar-refractivity contribution >= 4 is 5.91 Å². The maximum absolute atomic E-state index is 11.7. The van der Waals surface area contributed by atoms with Crippen molar-refractivity contribution in [3.05, 3.63) is 10.4 Å². The van der Waals surface area contributed by atoms with Gasteiger partial charge in [0.2, 0.25) is 5.91 Å². The Kier molecular flexibility index (Phi) is 3.94. The topological polar surface area (TPSA) is 89.3 Å². The number of carbonyl (C=O) groups is 1. The molecule has 1 saturated carbocycles. The van der Waals surface area contributed by atoms with Gasteiger partial charge in [-0.15, -0.1) is 0 Å². The van der Waals surface area contributed by atoms with Crippen molar-refractivity contribution < 1.29 is 9.90 Å². The van der Waals surface area contributed by atoms with Crippen LogP contribution in [0.25, 0.3) is 10.4 Å². The Hall–Kier alpha value is -1.26. The number of rotatable bonds is 2. The zero-order chi connectivity index (χ0) is 11.4. The summed E-state index contributed by atoms with van der Waals surface area (Å²) >= 11 is 0. The van der Waals surface area contributed by atoms with Crippen molar-refractivity contribution in [2.24, 2.45) is 11.0 Å². The lowest BCUT2D eigenvalue weighted by atomic mass is 9.83. The molecule has 0 heterocycles. The third-order valence-electron chi connectivity index (χ3n) is 2.77. The average Bonchev–Trinajstić information content (AvgIpc) is 2.20. The normalized spacial score (nSPS) is 30.5. The number of hydrogen-bond donors (Lipinski definition) is 1. The Morgan fingerprint density at radius 1 is 1.53 bits per heavy atom. The van der Waals surface area contributed by atoms with Gasteiger partial charge in [-0.1, -0.05) is 5.11 Å². The molecule has 6 heteroatoms. The van der Waals surface area contributed by atoms with Crippen molar-refractivity contribution in [3.63, 3.8) is 0 Å². The number of hydrogen-bond acceptors (Lipinski definition) is 3. The fraction of sp³-hybridized carbons (Fsp3) is 0.889. The maximum Gasteiger partial charge on any atom is 0.225 e. The summed E-state index contributed by atoms with van der Waals surface area (Å²) in [5.41, 5.74) is 8.32. The van der Waals surface area contributed by atoms with Crippen LogP contribution in [0.15, 0.2) is 5.11 Å². The van der Waals surface area contributed by atoms with Crippen LogP contribution in [-0.4, -0.2) is 42.2 Å². The van der Waals surface area contributed by atoms with Gasteiger partial charge in [-0.05, 0) is 24.8 Å². The molecule has 0 aliphatic heterocycles. The fourth-order valence-corrected chi connectivity index (χ4v) is 1.91. The Labute approximate surface area is 88.5 Å². The maximum atomic E-state index is 11.7. The van der Waals surface area contributed by atoms with E-state index in [1.807, 2.05) is 0 Å². The van der Waals surface area contributed by atoms with E-state index in [2.05, 4.69) is 10.0 Å². The van der Waals surface area contributed by atoms with E-state index < -0.39 is 12.1 Å². The molecule has 1 fully saturated rings. The van der Waals surface area contributed by atoms with Crippen LogP contribution in [-0.2, 0) is 4.79 Å². The number of azide groups is 1. The molecule has 0 spiro atoms. The zero-order valence-electron chi connectivity index (χ0n) is 9.00. The molecule has 0 radical (unpaired) electrons. The summed E-state index contributed by atoms with van der Waals surface area (Å²) in [6.07, 6.45) is 1.03. The summed E-state index contributed by atoms with van der Waals surface area (Å²) < 4.78 is 0. The van der Waals surface area contributed by atoms with Gasteiger partial charge in [-0.3, -0.25) is 4.79 Å². The predicted octanol–water partition coefficient (Wildman–Crippen LogP) is 0.914. The molecule has 3 atom stereocenters. The molecular formula is C9H16N4O2. The van der Waals surface area contributed by atoms with Gasteiger partial charge in [-0.25, -0.2) is 0 Å². The molecule has 1 aliphatic carbocycles. The highest BCUT2D eigenvalue weighted by atomic mass is 16.3. The van der Waals surface area contributed by atoms with Crippen molar-refractivity contribution in [1.82, 2.24) is 4.90 Å². The second-order valence-electron chi connectivity index (χ2n) is 4.08. The van der Waals surface area contributed by atoms with E-state index in [0.29, 0.717) is 19.3 Å². The number of amides is 1. The van der Waals surface area contributed by atoms with E-state index in [9.17, 15) is 9.90 Å². The summed E-state index contributed by atoms with van der Waals surface area (Å²) in [6, 6.07) is -0.461. The van der Waals surface area contributed by atoms with E-state index >= 15 is 0 Å². The SMILES string of the molecule is CN(C)C(=O)[C@H]1CC[C@@H](O)[C@@H](N=[N+]=[N-])C1. The molecule has 1 rings (SSSR count). The lowest BCUT2D eigenvalue weighted by molar-refractivity contribution is -0.134. The molecule has 0 aromatic heterocycles. The van der Waals surface area contributed by atoms with Crippen LogP contribution < -0.4 is 0 Å². The van der Waals surface area contributed by atoms with Crippen LogP contribution in [0.5, 0.6) is 0 Å². The third-order valence-corrected chi connectivity index (χ3v) is 2.77. The van der Waals surface area contributed by atoms with Crippen LogP contribution in [0.3, 0.4) is 0 Å². The molecule has 15 heavy (non-hydrogen) atoms. The van der Waals surface area contributed by atoms with Crippen LogP contribution in [0.4, 0.5) is 0 Å². The second kappa shape index (κ2) is 5.00. The molecule has 0 bridgehead atoms. The minimum Gasteiger partial charge on any atom is -0.393 e. The van der Waals surface area contributed by atoms with E-state index in [4.69, 9.17) is 5.53 Å². The van der Waals surface area contributed by atoms with Gasteiger partial charge >= 0.3 is 0 Å². The lowest BCUT2D eigenvalue weighted by Crippen LogP contribution is -2.39. The molecule has 1 amide bonds. The molecule has 1 aliphatic rings. The summed E-state index contributed by atoms with van der Waals surface area (Å²) in [4.78, 5) is 15.9. The number of nitrogens with zero attached hydrogens (tertiary/aromatic N) is 4. The molecule has 0 aromatic rings. The van der Waals surface area contributed by atoms with Gasteiger partial charge in [0.25, 0.3) is 0 Å². The Morgan fingerprint density at radius 2 is 2.20 bits per heavy atom. The van der Waals surface area contributed by atoms with Gasteiger partial charge < -0.3 is 10.0 Å². The molecule has 0 aromatic carbocycles. The summed E-state index contributed by atoms with van der Waals surface area (Å²) in [5.74, 6) is -0.0843. The van der Waals surface area contributed by atoms with Gasteiger partial charge in [-0.2, -0.15) is 0 Å². The Balaban J connectivity index is 2.65.